The highest BCUT2D eigenvalue weighted by Gasteiger charge is 2.09. The maximum Gasteiger partial charge on any atom is 0.508 e. The normalized spacial score (nSPS) is 12.6. The largest absolute Gasteiger partial charge is 0.508 e. The van der Waals surface area contributed by atoms with E-state index < -0.39 is 12.5 Å². The fourth-order valence-electron chi connectivity index (χ4n) is 0.533. The van der Waals surface area contributed by atoms with Crippen molar-refractivity contribution in [2.75, 3.05) is 0 Å². The van der Waals surface area contributed by atoms with E-state index in [-0.39, 0.29) is 6.42 Å². The Balaban J connectivity index is 3.25. The van der Waals surface area contributed by atoms with E-state index in [0.29, 0.717) is 6.42 Å². The van der Waals surface area contributed by atoms with Crippen LogP contribution in [0.15, 0.2) is 0 Å². The van der Waals surface area contributed by atoms with Gasteiger partial charge in [-0.15, -0.1) is 0 Å². The monoisotopic (exact) mass is 150 g/mol. The first-order chi connectivity index (χ1) is 4.66. The second-order valence-electron chi connectivity index (χ2n) is 1.94. The van der Waals surface area contributed by atoms with Crippen molar-refractivity contribution in [3.05, 3.63) is 0 Å². The molecule has 4 heteroatoms. The van der Waals surface area contributed by atoms with Crippen LogP contribution in [-0.4, -0.2) is 17.6 Å². The molecule has 1 unspecified atom stereocenters. The maximum absolute atomic E-state index is 12.2. The summed E-state index contributed by atoms with van der Waals surface area (Å²) in [5.41, 5.74) is 0. The van der Waals surface area contributed by atoms with E-state index in [4.69, 9.17) is 5.11 Å². The molecule has 0 aromatic rings. The Hall–Kier alpha value is -0.800. The lowest BCUT2D eigenvalue weighted by Gasteiger charge is -2.04. The number of alkyl halides is 1. The highest BCUT2D eigenvalue weighted by Crippen LogP contribution is 2.05. The van der Waals surface area contributed by atoms with Crippen LogP contribution in [0, 0.1) is 0 Å². The molecule has 0 fully saturated rings. The van der Waals surface area contributed by atoms with Crippen molar-refractivity contribution in [1.82, 2.24) is 0 Å². The predicted octanol–water partition coefficient (Wildman–Crippen LogP) is 2.17. The average Bonchev–Trinajstić information content (AvgIpc) is 1.82. The topological polar surface area (TPSA) is 46.5 Å². The first-order valence-electron chi connectivity index (χ1n) is 3.20. The molecular formula is C6H11FO3. The Bertz CT molecular complexity index is 105. The highest BCUT2D eigenvalue weighted by molar-refractivity contribution is 5.56. The summed E-state index contributed by atoms with van der Waals surface area (Å²) in [4.78, 5) is 9.71. The molecule has 0 bridgehead atoms. The van der Waals surface area contributed by atoms with Gasteiger partial charge >= 0.3 is 6.16 Å². The van der Waals surface area contributed by atoms with Crippen molar-refractivity contribution in [1.29, 1.82) is 0 Å². The van der Waals surface area contributed by atoms with Crippen molar-refractivity contribution in [2.45, 2.75) is 32.5 Å². The van der Waals surface area contributed by atoms with Gasteiger partial charge in [-0.1, -0.05) is 13.3 Å². The molecule has 0 amide bonds. The van der Waals surface area contributed by atoms with Gasteiger partial charge in [0.15, 0.2) is 0 Å². The molecule has 0 spiro atoms. The summed E-state index contributed by atoms with van der Waals surface area (Å²) in [6.45, 7) is 1.90. The van der Waals surface area contributed by atoms with Gasteiger partial charge in [-0.25, -0.2) is 9.18 Å². The molecule has 0 aliphatic rings. The summed E-state index contributed by atoms with van der Waals surface area (Å²) in [6, 6.07) is 0. The number of halogens is 1. The minimum Gasteiger partial charge on any atom is -0.450 e. The van der Waals surface area contributed by atoms with Gasteiger partial charge in [-0.3, -0.25) is 0 Å². The summed E-state index contributed by atoms with van der Waals surface area (Å²) >= 11 is 0. The first kappa shape index (κ1) is 9.20. The minimum atomic E-state index is -1.66. The quantitative estimate of drug-likeness (QED) is 0.624. The van der Waals surface area contributed by atoms with E-state index in [1.807, 2.05) is 6.92 Å². The SMILES string of the molecule is CCCCC(F)OC(=O)O. The Labute approximate surface area is 58.8 Å². The van der Waals surface area contributed by atoms with Crippen LogP contribution in [-0.2, 0) is 4.74 Å². The van der Waals surface area contributed by atoms with Crippen molar-refractivity contribution < 1.29 is 19.0 Å². The lowest BCUT2D eigenvalue weighted by atomic mass is 10.2. The third kappa shape index (κ3) is 5.34. The summed E-state index contributed by atoms with van der Waals surface area (Å²) in [6.07, 6.45) is -1.57. The molecule has 3 nitrogen and oxygen atoms in total. The van der Waals surface area contributed by atoms with E-state index in [2.05, 4.69) is 4.74 Å². The standard InChI is InChI=1S/C6H11FO3/c1-2-3-4-5(7)10-6(8)9/h5H,2-4H2,1H3,(H,8,9). The Kier molecular flexibility index (Phi) is 4.62. The summed E-state index contributed by atoms with van der Waals surface area (Å²) in [7, 11) is 0. The minimum absolute atomic E-state index is 0.156. The van der Waals surface area contributed by atoms with Gasteiger partial charge in [0.1, 0.15) is 0 Å². The van der Waals surface area contributed by atoms with E-state index in [1.165, 1.54) is 0 Å². The molecule has 10 heavy (non-hydrogen) atoms. The van der Waals surface area contributed by atoms with E-state index in [0.717, 1.165) is 6.42 Å². The van der Waals surface area contributed by atoms with Gasteiger partial charge in [0.05, 0.1) is 0 Å². The summed E-state index contributed by atoms with van der Waals surface area (Å²) in [5, 5.41) is 7.92. The smallest absolute Gasteiger partial charge is 0.450 e. The van der Waals surface area contributed by atoms with Crippen LogP contribution < -0.4 is 0 Å². The van der Waals surface area contributed by atoms with Crippen molar-refractivity contribution >= 4 is 6.16 Å². The first-order valence-corrected chi connectivity index (χ1v) is 3.20. The van der Waals surface area contributed by atoms with Gasteiger partial charge in [0, 0.05) is 6.42 Å². The molecule has 1 N–H and O–H groups in total. The van der Waals surface area contributed by atoms with Crippen LogP contribution >= 0.6 is 0 Å². The molecular weight excluding hydrogens is 139 g/mol. The zero-order valence-corrected chi connectivity index (χ0v) is 5.84. The van der Waals surface area contributed by atoms with E-state index >= 15 is 0 Å². The zero-order valence-electron chi connectivity index (χ0n) is 5.84. The fourth-order valence-corrected chi connectivity index (χ4v) is 0.533. The average molecular weight is 150 g/mol. The summed E-state index contributed by atoms with van der Waals surface area (Å²) in [5.74, 6) is 0. The van der Waals surface area contributed by atoms with Gasteiger partial charge < -0.3 is 9.84 Å². The van der Waals surface area contributed by atoms with Crippen LogP contribution in [0.1, 0.15) is 26.2 Å². The third-order valence-electron chi connectivity index (χ3n) is 1.01. The molecule has 1 atom stereocenters. The van der Waals surface area contributed by atoms with Crippen molar-refractivity contribution in [3.8, 4) is 0 Å². The number of carbonyl (C=O) groups is 1. The lowest BCUT2D eigenvalue weighted by molar-refractivity contribution is -0.0199. The van der Waals surface area contributed by atoms with Crippen molar-refractivity contribution in [3.63, 3.8) is 0 Å². The van der Waals surface area contributed by atoms with Crippen LogP contribution in [0.4, 0.5) is 9.18 Å². The molecule has 0 radical (unpaired) electrons. The summed E-state index contributed by atoms with van der Waals surface area (Å²) < 4.78 is 16.0. The predicted molar refractivity (Wildman–Crippen MR) is 33.5 cm³/mol. The number of hydrogen-bond donors (Lipinski definition) is 1. The Morgan fingerprint density at radius 3 is 2.80 bits per heavy atom. The second kappa shape index (κ2) is 5.02. The van der Waals surface area contributed by atoms with Gasteiger partial charge in [-0.05, 0) is 6.42 Å². The number of rotatable bonds is 4. The molecule has 60 valence electrons. The van der Waals surface area contributed by atoms with E-state index in [9.17, 15) is 9.18 Å². The number of hydrogen-bond acceptors (Lipinski definition) is 2. The zero-order chi connectivity index (χ0) is 7.98. The van der Waals surface area contributed by atoms with Crippen molar-refractivity contribution in [2.24, 2.45) is 0 Å². The molecule has 0 saturated heterocycles. The Morgan fingerprint density at radius 2 is 2.40 bits per heavy atom. The second-order valence-corrected chi connectivity index (χ2v) is 1.94. The molecule has 0 rings (SSSR count). The highest BCUT2D eigenvalue weighted by atomic mass is 19.1. The van der Waals surface area contributed by atoms with Crippen LogP contribution in [0.3, 0.4) is 0 Å². The van der Waals surface area contributed by atoms with Gasteiger partial charge in [-0.2, -0.15) is 0 Å². The number of ether oxygens (including phenoxy) is 1. The van der Waals surface area contributed by atoms with Gasteiger partial charge in [0.2, 0.25) is 6.36 Å². The molecule has 0 aromatic heterocycles. The molecule has 0 aliphatic heterocycles. The Morgan fingerprint density at radius 1 is 1.80 bits per heavy atom. The lowest BCUT2D eigenvalue weighted by Crippen LogP contribution is -2.10. The maximum atomic E-state index is 12.2. The molecule has 0 aromatic carbocycles. The van der Waals surface area contributed by atoms with Gasteiger partial charge in [0.25, 0.3) is 0 Å². The van der Waals surface area contributed by atoms with E-state index in [1.54, 1.807) is 0 Å². The fraction of sp³-hybridized carbons (Fsp3) is 0.833. The van der Waals surface area contributed by atoms with Crippen LogP contribution in [0.2, 0.25) is 0 Å². The van der Waals surface area contributed by atoms with Crippen LogP contribution in [0.5, 0.6) is 0 Å². The number of carboxylic acid groups (broad SMARTS) is 1. The number of unbranched alkanes of at least 4 members (excludes halogenated alkanes) is 1. The molecule has 0 heterocycles. The molecule has 0 saturated carbocycles. The van der Waals surface area contributed by atoms with Crippen LogP contribution in [0.25, 0.3) is 0 Å². The third-order valence-corrected chi connectivity index (χ3v) is 1.01. The molecule has 0 aliphatic carbocycles.